The molecule has 2 aromatic heterocycles. The Labute approximate surface area is 256 Å². The molecule has 2 aliphatic rings. The second-order valence-electron chi connectivity index (χ2n) is 12.0. The number of aryl methyl sites for hydroxylation is 1. The molecule has 1 aliphatic carbocycles. The maximum absolute atomic E-state index is 14.4. The largest absolute Gasteiger partial charge is 0.391 e. The molecular formula is C34H40N6O4. The number of nitrogens with zero attached hydrogens (tertiary/aromatic N) is 5. The third-order valence-electron chi connectivity index (χ3n) is 8.91. The maximum atomic E-state index is 14.4. The van der Waals surface area contributed by atoms with Gasteiger partial charge in [-0.1, -0.05) is 55.8 Å². The number of hydrogen-bond acceptors (Lipinski definition) is 7. The number of benzene rings is 2. The number of ether oxygens (including phenoxy) is 1. The standard InChI is InChI=1S/C34H40N6O4/c1-4-8-31-29(18-23-11-16-27(24-9-6-5-7-10-24)28(17-23)30-19-32(42)38-37-30)33(43)39(34-35-20-36-40(31)34)25-12-14-26(15-13-25)44-22(3)21(2)41/h5-7,9-11,16-17,20-22,25-26,41H,4,8,12-15,18-19H2,1-3H3,(H,38,42). The van der Waals surface area contributed by atoms with Crippen LogP contribution in [0.15, 0.2) is 64.8 Å². The summed E-state index contributed by atoms with van der Waals surface area (Å²) in [5, 5.41) is 18.8. The first-order valence-corrected chi connectivity index (χ1v) is 15.7. The summed E-state index contributed by atoms with van der Waals surface area (Å²) in [6.07, 6.45) is 6.19. The monoisotopic (exact) mass is 596 g/mol. The van der Waals surface area contributed by atoms with Crippen molar-refractivity contribution in [3.8, 4) is 11.1 Å². The highest BCUT2D eigenvalue weighted by Crippen LogP contribution is 2.32. The molecule has 0 radical (unpaired) electrons. The zero-order chi connectivity index (χ0) is 30.8. The number of rotatable bonds is 10. The van der Waals surface area contributed by atoms with Gasteiger partial charge in [-0.05, 0) is 68.7 Å². The Morgan fingerprint density at radius 3 is 2.50 bits per heavy atom. The molecular weight excluding hydrogens is 556 g/mol. The van der Waals surface area contributed by atoms with Crippen LogP contribution in [0, 0.1) is 0 Å². The Hall–Kier alpha value is -4.15. The van der Waals surface area contributed by atoms with Gasteiger partial charge in [-0.25, -0.2) is 9.94 Å². The fourth-order valence-corrected chi connectivity index (χ4v) is 6.46. The third-order valence-corrected chi connectivity index (χ3v) is 8.91. The van der Waals surface area contributed by atoms with E-state index in [4.69, 9.17) is 4.74 Å². The fraction of sp³-hybridized carbons (Fsp3) is 0.441. The number of aliphatic hydroxyl groups excluding tert-OH is 1. The van der Waals surface area contributed by atoms with Crippen LogP contribution in [0.3, 0.4) is 0 Å². The lowest BCUT2D eigenvalue weighted by Gasteiger charge is -2.32. The van der Waals surface area contributed by atoms with E-state index < -0.39 is 6.10 Å². The van der Waals surface area contributed by atoms with E-state index in [2.05, 4.69) is 45.7 Å². The van der Waals surface area contributed by atoms with E-state index in [9.17, 15) is 14.7 Å². The molecule has 1 aliphatic heterocycles. The molecule has 6 rings (SSSR count). The number of carbonyl (C=O) groups excluding carboxylic acids is 1. The highest BCUT2D eigenvalue weighted by atomic mass is 16.5. The summed E-state index contributed by atoms with van der Waals surface area (Å²) in [6, 6.07) is 16.2. The van der Waals surface area contributed by atoms with Crippen molar-refractivity contribution >= 4 is 17.4 Å². The summed E-state index contributed by atoms with van der Waals surface area (Å²) in [7, 11) is 0. The van der Waals surface area contributed by atoms with E-state index in [1.807, 2.05) is 46.3 Å². The van der Waals surface area contributed by atoms with Crippen LogP contribution in [0.2, 0.25) is 0 Å². The molecule has 44 heavy (non-hydrogen) atoms. The Morgan fingerprint density at radius 2 is 1.82 bits per heavy atom. The van der Waals surface area contributed by atoms with Gasteiger partial charge in [0.1, 0.15) is 6.33 Å². The zero-order valence-electron chi connectivity index (χ0n) is 25.6. The number of nitrogens with one attached hydrogen (secondary N) is 1. The molecule has 4 aromatic rings. The van der Waals surface area contributed by atoms with E-state index in [0.717, 1.165) is 60.1 Å². The molecule has 3 heterocycles. The van der Waals surface area contributed by atoms with Crippen LogP contribution in [0.5, 0.6) is 0 Å². The number of hydrogen-bond donors (Lipinski definition) is 2. The molecule has 1 saturated carbocycles. The summed E-state index contributed by atoms with van der Waals surface area (Å²) in [5.74, 6) is 0.448. The molecule has 0 bridgehead atoms. The van der Waals surface area contributed by atoms with Gasteiger partial charge in [0.25, 0.3) is 5.56 Å². The van der Waals surface area contributed by atoms with Gasteiger partial charge in [0.2, 0.25) is 11.7 Å². The summed E-state index contributed by atoms with van der Waals surface area (Å²) in [6.45, 7) is 5.74. The molecule has 2 atom stereocenters. The second-order valence-corrected chi connectivity index (χ2v) is 12.0. The summed E-state index contributed by atoms with van der Waals surface area (Å²) >= 11 is 0. The van der Waals surface area contributed by atoms with E-state index in [1.165, 1.54) is 6.33 Å². The molecule has 2 unspecified atom stereocenters. The van der Waals surface area contributed by atoms with Crippen LogP contribution in [0.4, 0.5) is 0 Å². The minimum Gasteiger partial charge on any atom is -0.391 e. The van der Waals surface area contributed by atoms with E-state index in [-0.39, 0.29) is 36.1 Å². The van der Waals surface area contributed by atoms with Crippen molar-refractivity contribution in [1.82, 2.24) is 24.6 Å². The highest BCUT2D eigenvalue weighted by molar-refractivity contribution is 6.16. The first kappa shape index (κ1) is 29.9. The number of aliphatic hydroxyl groups is 1. The topological polar surface area (TPSA) is 123 Å². The number of hydrazone groups is 1. The van der Waals surface area contributed by atoms with Gasteiger partial charge in [0, 0.05) is 23.6 Å². The number of aromatic nitrogens is 4. The van der Waals surface area contributed by atoms with Gasteiger partial charge < -0.3 is 9.84 Å². The van der Waals surface area contributed by atoms with Crippen molar-refractivity contribution < 1.29 is 14.6 Å². The van der Waals surface area contributed by atoms with Crippen molar-refractivity contribution in [3.63, 3.8) is 0 Å². The van der Waals surface area contributed by atoms with Gasteiger partial charge >= 0.3 is 0 Å². The minimum absolute atomic E-state index is 0.0220. The van der Waals surface area contributed by atoms with Gasteiger partial charge in [-0.2, -0.15) is 15.2 Å². The van der Waals surface area contributed by atoms with E-state index in [0.29, 0.717) is 29.9 Å². The Balaban J connectivity index is 1.38. The van der Waals surface area contributed by atoms with Gasteiger partial charge in [0.15, 0.2) is 0 Å². The van der Waals surface area contributed by atoms with E-state index >= 15 is 0 Å². The van der Waals surface area contributed by atoms with Crippen LogP contribution < -0.4 is 11.0 Å². The van der Waals surface area contributed by atoms with Crippen LogP contribution in [-0.4, -0.2) is 54.2 Å². The number of amides is 1. The van der Waals surface area contributed by atoms with Gasteiger partial charge in [0.05, 0.1) is 36.1 Å². The van der Waals surface area contributed by atoms with Crippen LogP contribution in [0.25, 0.3) is 16.9 Å². The minimum atomic E-state index is -0.528. The predicted octanol–water partition coefficient (Wildman–Crippen LogP) is 4.59. The zero-order valence-corrected chi connectivity index (χ0v) is 25.6. The van der Waals surface area contributed by atoms with Gasteiger partial charge in [-0.15, -0.1) is 0 Å². The number of fused-ring (bicyclic) bond motifs is 1. The van der Waals surface area contributed by atoms with Crippen molar-refractivity contribution in [1.29, 1.82) is 0 Å². The molecule has 10 heteroatoms. The molecule has 1 fully saturated rings. The van der Waals surface area contributed by atoms with Gasteiger partial charge in [-0.3, -0.25) is 14.2 Å². The normalized spacial score (nSPS) is 20.0. The summed E-state index contributed by atoms with van der Waals surface area (Å²) in [4.78, 5) is 31.1. The van der Waals surface area contributed by atoms with E-state index in [1.54, 1.807) is 6.92 Å². The highest BCUT2D eigenvalue weighted by Gasteiger charge is 2.29. The van der Waals surface area contributed by atoms with Crippen molar-refractivity contribution in [2.75, 3.05) is 0 Å². The van der Waals surface area contributed by atoms with Crippen LogP contribution in [-0.2, 0) is 22.4 Å². The fourth-order valence-electron chi connectivity index (χ4n) is 6.46. The van der Waals surface area contributed by atoms with Crippen molar-refractivity contribution in [3.05, 3.63) is 87.6 Å². The predicted molar refractivity (Wildman–Crippen MR) is 169 cm³/mol. The molecule has 230 valence electrons. The lowest BCUT2D eigenvalue weighted by molar-refractivity contribution is -0.119. The molecule has 0 saturated heterocycles. The lowest BCUT2D eigenvalue weighted by Crippen LogP contribution is -2.36. The second kappa shape index (κ2) is 12.8. The quantitative estimate of drug-likeness (QED) is 0.276. The van der Waals surface area contributed by atoms with Crippen LogP contribution in [0.1, 0.15) is 87.7 Å². The average molecular weight is 597 g/mol. The lowest BCUT2D eigenvalue weighted by atomic mass is 9.91. The van der Waals surface area contributed by atoms with Crippen molar-refractivity contribution in [2.45, 2.75) is 96.5 Å². The summed E-state index contributed by atoms with van der Waals surface area (Å²) in [5.41, 5.74) is 8.73. The maximum Gasteiger partial charge on any atom is 0.259 e. The first-order chi connectivity index (χ1) is 21.3. The summed E-state index contributed by atoms with van der Waals surface area (Å²) < 4.78 is 9.78. The first-order valence-electron chi connectivity index (χ1n) is 15.7. The molecule has 0 spiro atoms. The average Bonchev–Trinajstić information content (AvgIpc) is 3.69. The molecule has 2 N–H and O–H groups in total. The molecule has 2 aromatic carbocycles. The smallest absolute Gasteiger partial charge is 0.259 e. The van der Waals surface area contributed by atoms with Crippen molar-refractivity contribution in [2.24, 2.45) is 5.10 Å². The number of carbonyl (C=O) groups is 1. The SMILES string of the molecule is CCCc1c(Cc2ccc(-c3ccccc3)c(C3=NNC(=O)C3)c2)c(=O)n(C2CCC(OC(C)C(C)O)CC2)c2ncnn12. The van der Waals surface area contributed by atoms with Crippen LogP contribution >= 0.6 is 0 Å². The Kier molecular flexibility index (Phi) is 8.72. The molecule has 10 nitrogen and oxygen atoms in total. The Morgan fingerprint density at radius 1 is 1.05 bits per heavy atom. The molecule has 1 amide bonds. The Bertz CT molecular complexity index is 1730. The third kappa shape index (κ3) is 5.96.